The van der Waals surface area contributed by atoms with Crippen LogP contribution in [-0.2, 0) is 10.9 Å². The summed E-state index contributed by atoms with van der Waals surface area (Å²) < 4.78 is 0. The molecule has 4 aromatic carbocycles. The first-order valence-electron chi connectivity index (χ1n) is 13.0. The molecule has 0 unspecified atom stereocenters. The zero-order valence-corrected chi connectivity index (χ0v) is 26.3. The lowest BCUT2D eigenvalue weighted by Gasteiger charge is -2.03. The Morgan fingerprint density at radius 3 is 1.58 bits per heavy atom. The first-order chi connectivity index (χ1) is 18.1. The molecule has 0 aromatic heterocycles. The molecule has 38 heavy (non-hydrogen) atoms. The van der Waals surface area contributed by atoms with Gasteiger partial charge in [0.1, 0.15) is 11.5 Å². The first kappa shape index (κ1) is 30.9. The molecule has 0 spiro atoms. The van der Waals surface area contributed by atoms with Crippen molar-refractivity contribution < 1.29 is 26.6 Å². The van der Waals surface area contributed by atoms with Gasteiger partial charge in [-0.15, -0.1) is 0 Å². The normalized spacial score (nSPS) is 14.7. The van der Waals surface area contributed by atoms with E-state index in [9.17, 15) is 9.59 Å². The quantitative estimate of drug-likeness (QED) is 0.162. The fraction of sp³-hybridized carbons (Fsp3) is 0.312. The van der Waals surface area contributed by atoms with Gasteiger partial charge in [-0.1, -0.05) is 88.7 Å². The van der Waals surface area contributed by atoms with E-state index in [1.807, 2.05) is 66.7 Å². The number of halogens is 2. The van der Waals surface area contributed by atoms with Crippen LogP contribution in [0.2, 0.25) is 0 Å². The van der Waals surface area contributed by atoms with Crippen LogP contribution in [-0.4, -0.2) is 45.7 Å². The van der Waals surface area contributed by atoms with Gasteiger partial charge in [0.15, 0.2) is 11.5 Å². The minimum Gasteiger partial charge on any atom is -1.00 e. The van der Waals surface area contributed by atoms with E-state index in [4.69, 9.17) is 0 Å². The second kappa shape index (κ2) is 16.5. The number of fused-ring (bicyclic) bond motifs is 2. The number of carbonyl (C=O) groups is 2. The van der Waals surface area contributed by atoms with Gasteiger partial charge >= 0.3 is 0 Å². The van der Waals surface area contributed by atoms with Gasteiger partial charge in [-0.3, -0.25) is 9.59 Å². The molecule has 2 saturated heterocycles. The second-order valence-electron chi connectivity index (χ2n) is 9.30. The number of Topliss-reactive ketones (excluding diaryl/α,β-unsaturated/α-hetero) is 2. The van der Waals surface area contributed by atoms with Gasteiger partial charge in [-0.05, 0) is 81.8 Å². The highest BCUT2D eigenvalue weighted by molar-refractivity contribution is 9.09. The van der Waals surface area contributed by atoms with Crippen molar-refractivity contribution in [3.05, 3.63) is 96.1 Å². The van der Waals surface area contributed by atoms with E-state index in [0.29, 0.717) is 22.0 Å². The predicted molar refractivity (Wildman–Crippen MR) is 168 cm³/mol. The lowest BCUT2D eigenvalue weighted by Crippen LogP contribution is -3.00. The molecule has 0 aliphatic carbocycles. The number of carbonyl (C=O) groups excluding carboxylic acids is 2. The Bertz CT molecular complexity index is 1320. The summed E-state index contributed by atoms with van der Waals surface area (Å²) >= 11 is 5.24. The summed E-state index contributed by atoms with van der Waals surface area (Å²) in [5.41, 5.74) is 1.65. The van der Waals surface area contributed by atoms with Gasteiger partial charge in [-0.2, -0.15) is 11.8 Å². The molecule has 0 radical (unpaired) electrons. The Morgan fingerprint density at radius 1 is 0.658 bits per heavy atom. The van der Waals surface area contributed by atoms with E-state index in [0.717, 1.165) is 27.7 Å². The van der Waals surface area contributed by atoms with Crippen LogP contribution in [0.5, 0.6) is 0 Å². The molecule has 2 heterocycles. The number of benzene rings is 4. The maximum Gasteiger partial charge on any atom is 0.211 e. The molecule has 0 amide bonds. The second-order valence-corrected chi connectivity index (χ2v) is 13.4. The van der Waals surface area contributed by atoms with Gasteiger partial charge in [-0.25, -0.2) is 0 Å². The Morgan fingerprint density at radius 2 is 1.13 bits per heavy atom. The number of ketones is 2. The van der Waals surface area contributed by atoms with Crippen LogP contribution in [0.1, 0.15) is 46.4 Å². The molecule has 2 aliphatic rings. The fourth-order valence-corrected chi connectivity index (χ4v) is 8.04. The molecule has 0 bridgehead atoms. The predicted octanol–water partition coefficient (Wildman–Crippen LogP) is 5.37. The van der Waals surface area contributed by atoms with Crippen LogP contribution in [0, 0.1) is 0 Å². The molecule has 2 aliphatic heterocycles. The van der Waals surface area contributed by atoms with Crippen LogP contribution < -0.4 is 17.0 Å². The standard InChI is InChI=1S/C16H17OS.C12H9BrO.C4H8S.BrH/c17-16(12-18-9-3-4-10-18)15-8-7-13-5-1-2-6-14(13)11-15;13-8-12(14)11-6-5-9-3-1-2-4-10(9)7-11;1-2-4-5-3-1;/h1-2,5-8,11H,3-4,9-10,12H2;1-7H,8H2;1-4H2;1H/q+1;;;/p-1. The van der Waals surface area contributed by atoms with Gasteiger partial charge in [0, 0.05) is 11.1 Å². The third-order valence-electron chi connectivity index (χ3n) is 6.54. The summed E-state index contributed by atoms with van der Waals surface area (Å²) in [6.45, 7) is 0. The Balaban J connectivity index is 0.000000178. The van der Waals surface area contributed by atoms with Gasteiger partial charge in [0.2, 0.25) is 5.78 Å². The smallest absolute Gasteiger partial charge is 0.211 e. The fourth-order valence-electron chi connectivity index (χ4n) is 4.44. The van der Waals surface area contributed by atoms with Crippen LogP contribution in [0.3, 0.4) is 0 Å². The number of hydrogen-bond donors (Lipinski definition) is 0. The number of rotatable bonds is 5. The number of alkyl halides is 1. The summed E-state index contributed by atoms with van der Waals surface area (Å²) in [6.07, 6.45) is 5.55. The Kier molecular flexibility index (Phi) is 13.4. The van der Waals surface area contributed by atoms with Gasteiger partial charge < -0.3 is 17.0 Å². The zero-order valence-electron chi connectivity index (χ0n) is 21.5. The summed E-state index contributed by atoms with van der Waals surface area (Å²) in [5, 5.41) is 5.03. The molecular formula is C32H34Br2O2S2. The molecule has 2 nitrogen and oxygen atoms in total. The van der Waals surface area contributed by atoms with E-state index in [1.165, 1.54) is 59.5 Å². The van der Waals surface area contributed by atoms with Crippen LogP contribution in [0.15, 0.2) is 84.9 Å². The highest BCUT2D eigenvalue weighted by Crippen LogP contribution is 2.19. The van der Waals surface area contributed by atoms with Crippen molar-refractivity contribution in [3.8, 4) is 0 Å². The van der Waals surface area contributed by atoms with Crippen LogP contribution in [0.4, 0.5) is 0 Å². The van der Waals surface area contributed by atoms with E-state index in [2.05, 4.69) is 45.9 Å². The minimum atomic E-state index is 0. The maximum absolute atomic E-state index is 12.3. The topological polar surface area (TPSA) is 34.1 Å². The maximum atomic E-state index is 12.3. The summed E-state index contributed by atoms with van der Waals surface area (Å²) in [4.78, 5) is 23.7. The van der Waals surface area contributed by atoms with Gasteiger partial charge in [0.05, 0.1) is 5.33 Å². The Hall–Kier alpha value is -1.60. The molecular weight excluding hydrogens is 640 g/mol. The molecule has 0 saturated carbocycles. The first-order valence-corrected chi connectivity index (χ1v) is 17.0. The third-order valence-corrected chi connectivity index (χ3v) is 10.6. The molecule has 6 heteroatoms. The molecule has 2 fully saturated rings. The largest absolute Gasteiger partial charge is 1.00 e. The van der Waals surface area contributed by atoms with E-state index in [-0.39, 0.29) is 22.8 Å². The average Bonchev–Trinajstić information content (AvgIpc) is 3.70. The van der Waals surface area contributed by atoms with Crippen molar-refractivity contribution in [2.75, 3.05) is 34.1 Å². The van der Waals surface area contributed by atoms with E-state index < -0.39 is 0 Å². The van der Waals surface area contributed by atoms with Crippen LogP contribution >= 0.6 is 27.7 Å². The molecule has 0 atom stereocenters. The molecule has 6 rings (SSSR count). The highest BCUT2D eigenvalue weighted by Gasteiger charge is 2.27. The van der Waals surface area contributed by atoms with Crippen molar-refractivity contribution in [3.63, 3.8) is 0 Å². The average molecular weight is 675 g/mol. The third kappa shape index (κ3) is 9.25. The monoisotopic (exact) mass is 672 g/mol. The minimum absolute atomic E-state index is 0. The van der Waals surface area contributed by atoms with Crippen molar-refractivity contribution in [2.24, 2.45) is 0 Å². The summed E-state index contributed by atoms with van der Waals surface area (Å²) in [6, 6.07) is 28.1. The molecule has 200 valence electrons. The summed E-state index contributed by atoms with van der Waals surface area (Å²) in [7, 11) is 0.359. The van der Waals surface area contributed by atoms with Crippen molar-refractivity contribution in [1.82, 2.24) is 0 Å². The SMILES string of the molecule is C1CCSC1.O=C(CBr)c1ccc2ccccc2c1.O=C(C[S+]1CCCC1)c1ccc2ccccc2c1.[Br-]. The van der Waals surface area contributed by atoms with Crippen molar-refractivity contribution >= 4 is 71.7 Å². The molecule has 0 N–H and O–H groups in total. The Labute approximate surface area is 252 Å². The number of thioether (sulfide) groups is 1. The lowest BCUT2D eigenvalue weighted by atomic mass is 10.1. The van der Waals surface area contributed by atoms with E-state index >= 15 is 0 Å². The highest BCUT2D eigenvalue weighted by atomic mass is 79.9. The lowest BCUT2D eigenvalue weighted by molar-refractivity contribution is -0.0000225. The number of hydrogen-bond acceptors (Lipinski definition) is 3. The van der Waals surface area contributed by atoms with Crippen molar-refractivity contribution in [2.45, 2.75) is 25.7 Å². The van der Waals surface area contributed by atoms with Gasteiger partial charge in [0.25, 0.3) is 0 Å². The van der Waals surface area contributed by atoms with E-state index in [1.54, 1.807) is 0 Å². The summed E-state index contributed by atoms with van der Waals surface area (Å²) in [5.74, 6) is 6.57. The molecule has 4 aromatic rings. The zero-order chi connectivity index (χ0) is 25.9. The van der Waals surface area contributed by atoms with Crippen LogP contribution in [0.25, 0.3) is 21.5 Å². The van der Waals surface area contributed by atoms with Crippen molar-refractivity contribution in [1.29, 1.82) is 0 Å².